The third kappa shape index (κ3) is 23.1. The van der Waals surface area contributed by atoms with Gasteiger partial charge in [-0.2, -0.15) is 0 Å². The van der Waals surface area contributed by atoms with Crippen molar-refractivity contribution in [3.05, 3.63) is 24.6 Å². The van der Waals surface area contributed by atoms with Crippen LogP contribution >= 0.6 is 0 Å². The Morgan fingerprint density at radius 2 is 1.67 bits per heavy atom. The zero-order valence-corrected chi connectivity index (χ0v) is 8.96. The van der Waals surface area contributed by atoms with E-state index in [0.717, 1.165) is 5.70 Å². The summed E-state index contributed by atoms with van der Waals surface area (Å²) in [6, 6.07) is 0. The minimum atomic E-state index is 0.796. The van der Waals surface area contributed by atoms with Crippen LogP contribution in [0.3, 0.4) is 0 Å². The maximum absolute atomic E-state index is 5.10. The molecule has 0 aromatic heterocycles. The number of rotatable bonds is 2. The quantitative estimate of drug-likeness (QED) is 0.635. The lowest BCUT2D eigenvalue weighted by Gasteiger charge is -1.82. The molecule has 0 bridgehead atoms. The largest absolute Gasteiger partial charge is 0.403 e. The Hall–Kier alpha value is -1.05. The molecule has 0 aliphatic rings. The van der Waals surface area contributed by atoms with Gasteiger partial charge in [0.2, 0.25) is 0 Å². The molecule has 12 heavy (non-hydrogen) atoms. The minimum Gasteiger partial charge on any atom is -0.403 e. The first-order valence-electron chi connectivity index (χ1n) is 4.35. The molecule has 0 aliphatic heterocycles. The molecule has 0 amide bonds. The number of hydrogen-bond acceptors (Lipinski definition) is 2. The average Bonchev–Trinajstić information content (AvgIpc) is 2.20. The number of allylic oxidation sites excluding steroid dienone is 2. The number of nitrogens with two attached hydrogens (primary N) is 1. The minimum absolute atomic E-state index is 0.796. The maximum atomic E-state index is 5.10. The number of nitrogens with zero attached hydrogens (tertiary/aromatic N) is 1. The summed E-state index contributed by atoms with van der Waals surface area (Å²) in [6.45, 7) is 13.3. The molecule has 0 saturated heterocycles. The maximum Gasteiger partial charge on any atom is 0.0526 e. The zero-order chi connectivity index (χ0) is 10.4. The van der Waals surface area contributed by atoms with E-state index in [1.807, 2.05) is 34.6 Å². The van der Waals surface area contributed by atoms with Crippen LogP contribution in [0.1, 0.15) is 34.6 Å². The van der Waals surface area contributed by atoms with Gasteiger partial charge >= 0.3 is 0 Å². The molecule has 0 unspecified atom stereocenters. The lowest BCUT2D eigenvalue weighted by Crippen LogP contribution is -1.80. The molecule has 0 atom stereocenters. The van der Waals surface area contributed by atoms with Crippen molar-refractivity contribution in [3.63, 3.8) is 0 Å². The van der Waals surface area contributed by atoms with Gasteiger partial charge in [-0.15, -0.1) is 0 Å². The number of hydrogen-bond donors (Lipinski definition) is 1. The molecule has 0 saturated carbocycles. The van der Waals surface area contributed by atoms with E-state index in [0.29, 0.717) is 0 Å². The second-order valence-corrected chi connectivity index (χ2v) is 1.32. The SMILES string of the molecule is C=CC=N/C(C)=C\N.CC.CC. The summed E-state index contributed by atoms with van der Waals surface area (Å²) in [5, 5.41) is 0. The molecule has 0 spiro atoms. The third-order valence-corrected chi connectivity index (χ3v) is 0.625. The van der Waals surface area contributed by atoms with Crippen molar-refractivity contribution in [2.24, 2.45) is 10.7 Å². The van der Waals surface area contributed by atoms with Crippen LogP contribution in [0.15, 0.2) is 29.5 Å². The molecule has 0 aromatic carbocycles. The Morgan fingerprint density at radius 3 is 1.92 bits per heavy atom. The summed E-state index contributed by atoms with van der Waals surface area (Å²) in [4.78, 5) is 3.85. The highest BCUT2D eigenvalue weighted by Gasteiger charge is 1.72. The summed E-state index contributed by atoms with van der Waals surface area (Å²) in [6.07, 6.45) is 4.64. The second-order valence-electron chi connectivity index (χ2n) is 1.32. The highest BCUT2D eigenvalue weighted by molar-refractivity contribution is 5.71. The highest BCUT2D eigenvalue weighted by Crippen LogP contribution is 1.86. The Kier molecular flexibility index (Phi) is 32.2. The van der Waals surface area contributed by atoms with Crippen molar-refractivity contribution in [1.82, 2.24) is 0 Å². The van der Waals surface area contributed by atoms with Crippen LogP contribution < -0.4 is 5.73 Å². The van der Waals surface area contributed by atoms with Gasteiger partial charge in [0.05, 0.1) is 5.70 Å². The van der Waals surface area contributed by atoms with E-state index < -0.39 is 0 Å². The molecular formula is C10H22N2. The lowest BCUT2D eigenvalue weighted by molar-refractivity contribution is 1.28. The first-order chi connectivity index (χ1) is 5.81. The zero-order valence-electron chi connectivity index (χ0n) is 8.96. The predicted octanol–water partition coefficient (Wildman–Crippen LogP) is 3.12. The standard InChI is InChI=1S/C6H10N2.2C2H6/c1-3-4-8-6(2)5-7;2*1-2/h3-5H,1,7H2,2H3;2*1-2H3/b6-5-,8-4?;;. The predicted molar refractivity (Wildman–Crippen MR) is 59.3 cm³/mol. The van der Waals surface area contributed by atoms with E-state index >= 15 is 0 Å². The first kappa shape index (κ1) is 17.2. The monoisotopic (exact) mass is 170 g/mol. The first-order valence-corrected chi connectivity index (χ1v) is 4.35. The Morgan fingerprint density at radius 1 is 1.25 bits per heavy atom. The van der Waals surface area contributed by atoms with Gasteiger partial charge < -0.3 is 5.73 Å². The number of aliphatic imine (C=N–C) groups is 1. The van der Waals surface area contributed by atoms with Crippen LogP contribution in [0.5, 0.6) is 0 Å². The average molecular weight is 170 g/mol. The van der Waals surface area contributed by atoms with Crippen molar-refractivity contribution in [2.45, 2.75) is 34.6 Å². The van der Waals surface area contributed by atoms with Crippen LogP contribution in [-0.2, 0) is 0 Å². The Labute approximate surface area is 76.9 Å². The Balaban J connectivity index is -0.000000175. The lowest BCUT2D eigenvalue weighted by atomic mass is 10.5. The molecule has 2 nitrogen and oxygen atoms in total. The van der Waals surface area contributed by atoms with E-state index in [1.54, 1.807) is 12.3 Å². The molecule has 0 rings (SSSR count). The van der Waals surface area contributed by atoms with Crippen molar-refractivity contribution < 1.29 is 0 Å². The molecule has 0 aliphatic carbocycles. The topological polar surface area (TPSA) is 38.4 Å². The molecule has 0 fully saturated rings. The summed E-state index contributed by atoms with van der Waals surface area (Å²) in [5.74, 6) is 0. The second kappa shape index (κ2) is 22.5. The fraction of sp³-hybridized carbons (Fsp3) is 0.500. The van der Waals surface area contributed by atoms with Crippen LogP contribution in [0.2, 0.25) is 0 Å². The summed E-state index contributed by atoms with van der Waals surface area (Å²) < 4.78 is 0. The molecule has 2 heteroatoms. The van der Waals surface area contributed by atoms with Crippen molar-refractivity contribution >= 4 is 6.21 Å². The summed E-state index contributed by atoms with van der Waals surface area (Å²) >= 11 is 0. The highest BCUT2D eigenvalue weighted by atomic mass is 14.7. The van der Waals surface area contributed by atoms with Gasteiger partial charge in [0.15, 0.2) is 0 Å². The van der Waals surface area contributed by atoms with Gasteiger partial charge in [-0.05, 0) is 6.92 Å². The molecular weight excluding hydrogens is 148 g/mol. The van der Waals surface area contributed by atoms with E-state index in [2.05, 4.69) is 11.6 Å². The fourth-order valence-corrected chi connectivity index (χ4v) is 0.213. The van der Waals surface area contributed by atoms with Crippen molar-refractivity contribution in [2.75, 3.05) is 0 Å². The molecule has 72 valence electrons. The normalized spacial score (nSPS) is 9.25. The molecule has 0 aromatic rings. The van der Waals surface area contributed by atoms with E-state index in [1.165, 1.54) is 6.20 Å². The van der Waals surface area contributed by atoms with Crippen LogP contribution in [0.4, 0.5) is 0 Å². The van der Waals surface area contributed by atoms with Crippen LogP contribution in [0, 0.1) is 0 Å². The van der Waals surface area contributed by atoms with Gasteiger partial charge in [-0.1, -0.05) is 40.3 Å². The van der Waals surface area contributed by atoms with Gasteiger partial charge in [0, 0.05) is 12.4 Å². The van der Waals surface area contributed by atoms with Gasteiger partial charge in [0.1, 0.15) is 0 Å². The fourth-order valence-electron chi connectivity index (χ4n) is 0.213. The van der Waals surface area contributed by atoms with Gasteiger partial charge in [0.25, 0.3) is 0 Å². The van der Waals surface area contributed by atoms with Crippen molar-refractivity contribution in [3.8, 4) is 0 Å². The molecule has 0 heterocycles. The van der Waals surface area contributed by atoms with E-state index in [4.69, 9.17) is 5.73 Å². The van der Waals surface area contributed by atoms with E-state index in [9.17, 15) is 0 Å². The summed E-state index contributed by atoms with van der Waals surface area (Å²) in [7, 11) is 0. The Bertz CT molecular complexity index is 124. The van der Waals surface area contributed by atoms with Crippen molar-refractivity contribution in [1.29, 1.82) is 0 Å². The smallest absolute Gasteiger partial charge is 0.0526 e. The van der Waals surface area contributed by atoms with Gasteiger partial charge in [-0.25, -0.2) is 0 Å². The molecule has 0 radical (unpaired) electrons. The van der Waals surface area contributed by atoms with Crippen LogP contribution in [-0.4, -0.2) is 6.21 Å². The van der Waals surface area contributed by atoms with E-state index in [-0.39, 0.29) is 0 Å². The summed E-state index contributed by atoms with van der Waals surface area (Å²) in [5.41, 5.74) is 5.90. The molecule has 2 N–H and O–H groups in total. The van der Waals surface area contributed by atoms with Crippen LogP contribution in [0.25, 0.3) is 0 Å². The third-order valence-electron chi connectivity index (χ3n) is 0.625. The van der Waals surface area contributed by atoms with Gasteiger partial charge in [-0.3, -0.25) is 4.99 Å².